The number of halogens is 2. The van der Waals surface area contributed by atoms with Gasteiger partial charge in [0.1, 0.15) is 10.4 Å². The minimum atomic E-state index is -3.86. The van der Waals surface area contributed by atoms with Gasteiger partial charge in [0.25, 0.3) is 0 Å². The number of methoxy groups -OCH3 is 1. The van der Waals surface area contributed by atoms with Crippen molar-refractivity contribution in [3.8, 4) is 17.1 Å². The third kappa shape index (κ3) is 4.63. The van der Waals surface area contributed by atoms with Crippen molar-refractivity contribution in [3.63, 3.8) is 0 Å². The number of alkyl halides is 2. The van der Waals surface area contributed by atoms with Crippen LogP contribution in [0.4, 0.5) is 8.78 Å². The molecule has 0 saturated heterocycles. The number of benzene rings is 1. The highest BCUT2D eigenvalue weighted by Gasteiger charge is 2.40. The van der Waals surface area contributed by atoms with Gasteiger partial charge in [-0.1, -0.05) is 35.5 Å². The molecule has 4 heterocycles. The summed E-state index contributed by atoms with van der Waals surface area (Å²) < 4.78 is 88.1. The Labute approximate surface area is 240 Å². The van der Waals surface area contributed by atoms with E-state index in [0.29, 0.717) is 22.0 Å². The molecule has 1 atom stereocenters. The molecule has 0 unspecified atom stereocenters. The van der Waals surface area contributed by atoms with Gasteiger partial charge in [-0.2, -0.15) is 0 Å². The van der Waals surface area contributed by atoms with Crippen LogP contribution in [0.3, 0.4) is 0 Å². The highest BCUT2D eigenvalue weighted by molar-refractivity contribution is 7.91. The first-order chi connectivity index (χ1) is 20.7. The average Bonchev–Trinajstić information content (AvgIpc) is 3.52. The summed E-state index contributed by atoms with van der Waals surface area (Å²) >= 11 is 0. The van der Waals surface area contributed by atoms with Crippen LogP contribution in [0.25, 0.3) is 33.2 Å². The van der Waals surface area contributed by atoms with Crippen LogP contribution in [0, 0.1) is 12.8 Å². The first-order valence-corrected chi connectivity index (χ1v) is 15.0. The zero-order valence-corrected chi connectivity index (χ0v) is 23.5. The van der Waals surface area contributed by atoms with E-state index in [4.69, 9.17) is 13.8 Å². The van der Waals surface area contributed by atoms with Gasteiger partial charge < -0.3 is 9.30 Å². The predicted molar refractivity (Wildman–Crippen MR) is 151 cm³/mol. The van der Waals surface area contributed by atoms with E-state index in [9.17, 15) is 17.2 Å². The van der Waals surface area contributed by atoms with Crippen molar-refractivity contribution in [2.45, 2.75) is 49.4 Å². The molecule has 1 aromatic carbocycles. The topological polar surface area (TPSA) is 105 Å². The number of hydrogen-bond acceptors (Lipinski definition) is 7. The molecule has 6 rings (SSSR count). The monoisotopic (exact) mass is 583 g/mol. The second-order valence-corrected chi connectivity index (χ2v) is 12.5. The number of rotatable bonds is 6. The molecule has 41 heavy (non-hydrogen) atoms. The third-order valence-electron chi connectivity index (χ3n) is 7.91. The van der Waals surface area contributed by atoms with E-state index in [1.54, 1.807) is 13.1 Å². The number of pyridine rings is 2. The fourth-order valence-corrected chi connectivity index (χ4v) is 6.85. The summed E-state index contributed by atoms with van der Waals surface area (Å²) in [7, 11) is -0.872. The van der Waals surface area contributed by atoms with Crippen molar-refractivity contribution in [3.05, 3.63) is 60.0 Å². The van der Waals surface area contributed by atoms with Gasteiger partial charge in [-0.05, 0) is 37.2 Å². The SMILES string of the molecule is [2H]C([2H])([2H])c1nnn(C)c1-c1cnc2c3c(OC)ncc(S(C)(=O)=O)c3n([C@@H](c3ccccc3)C3CCC(F)(F)CC3)c2c1. The van der Waals surface area contributed by atoms with Crippen molar-refractivity contribution >= 4 is 31.8 Å². The van der Waals surface area contributed by atoms with Crippen LogP contribution in [0.1, 0.15) is 47.1 Å². The minimum Gasteiger partial charge on any atom is -0.480 e. The van der Waals surface area contributed by atoms with Gasteiger partial charge in [0.2, 0.25) is 11.8 Å². The quantitative estimate of drug-likeness (QED) is 0.259. The number of nitrogens with zero attached hydrogens (tertiary/aromatic N) is 6. The molecule has 0 spiro atoms. The summed E-state index contributed by atoms with van der Waals surface area (Å²) in [5, 5.41) is 8.17. The number of ether oxygens (including phenoxy) is 1. The maximum Gasteiger partial charge on any atom is 0.248 e. The first-order valence-electron chi connectivity index (χ1n) is 14.6. The van der Waals surface area contributed by atoms with Crippen molar-refractivity contribution in [1.82, 2.24) is 29.5 Å². The Balaban J connectivity index is 1.76. The Morgan fingerprint density at radius 3 is 2.54 bits per heavy atom. The van der Waals surface area contributed by atoms with Crippen LogP contribution < -0.4 is 4.74 Å². The molecule has 0 radical (unpaired) electrons. The number of fused-ring (bicyclic) bond motifs is 3. The van der Waals surface area contributed by atoms with Gasteiger partial charge >= 0.3 is 0 Å². The van der Waals surface area contributed by atoms with Crippen LogP contribution >= 0.6 is 0 Å². The summed E-state index contributed by atoms with van der Waals surface area (Å²) in [5.41, 5.74) is 2.29. The Morgan fingerprint density at radius 2 is 1.88 bits per heavy atom. The lowest BCUT2D eigenvalue weighted by Gasteiger charge is -2.36. The Morgan fingerprint density at radius 1 is 1.15 bits per heavy atom. The lowest BCUT2D eigenvalue weighted by Crippen LogP contribution is -2.30. The molecule has 0 N–H and O–H groups in total. The Hall–Kier alpha value is -3.93. The van der Waals surface area contributed by atoms with E-state index in [1.807, 2.05) is 34.9 Å². The Bertz CT molecular complexity index is 1980. The van der Waals surface area contributed by atoms with Crippen LogP contribution in [0.2, 0.25) is 0 Å². The maximum atomic E-state index is 14.4. The maximum absolute atomic E-state index is 14.4. The van der Waals surface area contributed by atoms with E-state index in [1.165, 1.54) is 24.2 Å². The molecular weight excluding hydrogens is 550 g/mol. The van der Waals surface area contributed by atoms with Gasteiger partial charge in [0, 0.05) is 42.0 Å². The Kier molecular flexibility index (Phi) is 5.71. The second-order valence-electron chi connectivity index (χ2n) is 10.5. The molecule has 1 fully saturated rings. The van der Waals surface area contributed by atoms with Gasteiger partial charge in [-0.25, -0.2) is 26.9 Å². The molecule has 5 aromatic rings. The zero-order chi connectivity index (χ0) is 31.6. The molecule has 12 heteroatoms. The van der Waals surface area contributed by atoms with E-state index in [-0.39, 0.29) is 59.3 Å². The summed E-state index contributed by atoms with van der Waals surface area (Å²) in [6.07, 6.45) is 3.60. The molecule has 0 bridgehead atoms. The van der Waals surface area contributed by atoms with Crippen molar-refractivity contribution in [1.29, 1.82) is 0 Å². The van der Waals surface area contributed by atoms with Crippen LogP contribution in [-0.4, -0.2) is 57.2 Å². The number of sulfone groups is 1. The first kappa shape index (κ1) is 23.7. The summed E-state index contributed by atoms with van der Waals surface area (Å²) in [4.78, 5) is 8.95. The van der Waals surface area contributed by atoms with Crippen LogP contribution in [-0.2, 0) is 16.9 Å². The minimum absolute atomic E-state index is 0.0692. The van der Waals surface area contributed by atoms with E-state index >= 15 is 0 Å². The largest absolute Gasteiger partial charge is 0.480 e. The molecule has 1 aliphatic carbocycles. The van der Waals surface area contributed by atoms with Crippen LogP contribution in [0.15, 0.2) is 53.7 Å². The highest BCUT2D eigenvalue weighted by atomic mass is 32.2. The fourth-order valence-electron chi connectivity index (χ4n) is 6.06. The second kappa shape index (κ2) is 9.86. The van der Waals surface area contributed by atoms with E-state index in [0.717, 1.165) is 11.8 Å². The molecular formula is C29H30F2N6O3S. The van der Waals surface area contributed by atoms with Crippen LogP contribution in [0.5, 0.6) is 5.88 Å². The standard InChI is InChI=1S/C29H30F2N6O3S/c1-17-25(36(2)35-34-17)20-14-21-24(32-15-20)23-27(22(41(4,38)39)16-33-28(23)40-3)37(21)26(18-8-6-5-7-9-18)19-10-12-29(30,31)13-11-19/h5-9,14-16,19,26H,10-13H2,1-4H3/t26-/m0/s1/i1D3. The fraction of sp³-hybridized carbons (Fsp3) is 0.379. The molecule has 0 amide bonds. The predicted octanol–water partition coefficient (Wildman–Crippen LogP) is 5.52. The van der Waals surface area contributed by atoms with Gasteiger partial charge in [-0.3, -0.25) is 4.98 Å². The lowest BCUT2D eigenvalue weighted by molar-refractivity contribution is -0.0493. The molecule has 1 saturated carbocycles. The number of aromatic nitrogens is 6. The zero-order valence-electron chi connectivity index (χ0n) is 25.7. The van der Waals surface area contributed by atoms with Crippen molar-refractivity contribution < 1.29 is 26.0 Å². The summed E-state index contributed by atoms with van der Waals surface area (Å²) in [6.45, 7) is -2.57. The van der Waals surface area contributed by atoms with Crippen molar-refractivity contribution in [2.75, 3.05) is 13.4 Å². The summed E-state index contributed by atoms with van der Waals surface area (Å²) in [5.74, 6) is -2.93. The van der Waals surface area contributed by atoms with Gasteiger partial charge in [0.05, 0.1) is 47.2 Å². The molecule has 214 valence electrons. The highest BCUT2D eigenvalue weighted by Crippen LogP contribution is 2.48. The lowest BCUT2D eigenvalue weighted by atomic mass is 9.79. The number of hydrogen-bond donors (Lipinski definition) is 0. The smallest absolute Gasteiger partial charge is 0.248 e. The summed E-state index contributed by atoms with van der Waals surface area (Å²) in [6, 6.07) is 10.5. The average molecular weight is 584 g/mol. The molecule has 1 aliphatic rings. The van der Waals surface area contributed by atoms with Crippen molar-refractivity contribution in [2.24, 2.45) is 13.0 Å². The normalized spacial score (nSPS) is 18.2. The van der Waals surface area contributed by atoms with Gasteiger partial charge in [-0.15, -0.1) is 5.10 Å². The van der Waals surface area contributed by atoms with E-state index in [2.05, 4.69) is 15.3 Å². The molecule has 9 nitrogen and oxygen atoms in total. The van der Waals surface area contributed by atoms with Gasteiger partial charge in [0.15, 0.2) is 9.84 Å². The molecule has 0 aliphatic heterocycles. The molecule has 4 aromatic heterocycles. The third-order valence-corrected chi connectivity index (χ3v) is 9.01. The van der Waals surface area contributed by atoms with E-state index < -0.39 is 28.7 Å². The number of aryl methyl sites for hydroxylation is 2.